The lowest BCUT2D eigenvalue weighted by molar-refractivity contribution is -0.133. The van der Waals surface area contributed by atoms with Gasteiger partial charge in [-0.05, 0) is 25.0 Å². The average Bonchev–Trinajstić information content (AvgIpc) is 3.07. The molecule has 1 fully saturated rings. The number of carbonyl (C=O) groups is 2. The molecule has 1 aliphatic rings. The monoisotopic (exact) mass is 414 g/mol. The second kappa shape index (κ2) is 10.1. The summed E-state index contributed by atoms with van der Waals surface area (Å²) in [6, 6.07) is 7.97. The van der Waals surface area contributed by atoms with Crippen LogP contribution < -0.4 is 11.1 Å². The first kappa shape index (κ1) is 21.0. The summed E-state index contributed by atoms with van der Waals surface area (Å²) in [5.41, 5.74) is 6.39. The summed E-state index contributed by atoms with van der Waals surface area (Å²) in [5, 5.41) is 2.82. The molecule has 142 valence electrons. The number of fused-ring (bicyclic) bond motifs is 1. The highest BCUT2D eigenvalue weighted by Crippen LogP contribution is 2.29. The first-order chi connectivity index (χ1) is 12.2. The number of benzene rings is 1. The summed E-state index contributed by atoms with van der Waals surface area (Å²) in [5.74, 6) is 0.302. The number of para-hydroxylation sites is 1. The van der Waals surface area contributed by atoms with Gasteiger partial charge >= 0.3 is 0 Å². The quantitative estimate of drug-likeness (QED) is 0.707. The number of carbonyl (C=O) groups excluding carboxylic acids is 2. The minimum absolute atomic E-state index is 0. The molecule has 2 aromatic rings. The lowest BCUT2D eigenvalue weighted by atomic mass is 9.97. The first-order valence-corrected chi connectivity index (χ1v) is 10.2. The van der Waals surface area contributed by atoms with E-state index in [0.29, 0.717) is 25.4 Å². The number of nitrogens with one attached hydrogen (secondary N) is 1. The molecule has 1 aromatic carbocycles. The van der Waals surface area contributed by atoms with Crippen molar-refractivity contribution in [3.05, 3.63) is 24.3 Å². The van der Waals surface area contributed by atoms with Gasteiger partial charge in [0.05, 0.1) is 21.9 Å². The van der Waals surface area contributed by atoms with Crippen LogP contribution in [0.15, 0.2) is 28.6 Å². The molecule has 1 unspecified atom stereocenters. The van der Waals surface area contributed by atoms with Crippen LogP contribution in [0.1, 0.15) is 12.8 Å². The molecule has 3 rings (SSSR count). The SMILES string of the molecule is Cl.NCCNC(=O)C1CCCN(C(=O)CSc2nc3ccccc3s2)C1. The van der Waals surface area contributed by atoms with E-state index in [9.17, 15) is 9.59 Å². The smallest absolute Gasteiger partial charge is 0.233 e. The molecule has 1 saturated heterocycles. The van der Waals surface area contributed by atoms with Crippen molar-refractivity contribution >= 4 is 57.5 Å². The fourth-order valence-corrected chi connectivity index (χ4v) is 4.86. The second-order valence-electron chi connectivity index (χ2n) is 5.99. The zero-order valence-corrected chi connectivity index (χ0v) is 16.8. The molecule has 1 aliphatic heterocycles. The van der Waals surface area contributed by atoms with Crippen molar-refractivity contribution in [2.45, 2.75) is 17.2 Å². The first-order valence-electron chi connectivity index (χ1n) is 8.41. The van der Waals surface area contributed by atoms with Crippen molar-refractivity contribution in [3.63, 3.8) is 0 Å². The van der Waals surface area contributed by atoms with Gasteiger partial charge in [0.1, 0.15) is 0 Å². The fraction of sp³-hybridized carbons (Fsp3) is 0.471. The minimum Gasteiger partial charge on any atom is -0.355 e. The number of halogens is 1. The van der Waals surface area contributed by atoms with Crippen LogP contribution in [0.4, 0.5) is 0 Å². The summed E-state index contributed by atoms with van der Waals surface area (Å²) in [4.78, 5) is 30.9. The third kappa shape index (κ3) is 5.33. The van der Waals surface area contributed by atoms with E-state index in [1.165, 1.54) is 11.8 Å². The summed E-state index contributed by atoms with van der Waals surface area (Å²) < 4.78 is 2.04. The van der Waals surface area contributed by atoms with E-state index in [1.807, 2.05) is 24.3 Å². The van der Waals surface area contributed by atoms with Crippen LogP contribution in [0, 0.1) is 5.92 Å². The van der Waals surface area contributed by atoms with Crippen LogP contribution in [-0.2, 0) is 9.59 Å². The Labute approximate surface area is 167 Å². The lowest BCUT2D eigenvalue weighted by Crippen LogP contribution is -2.46. The van der Waals surface area contributed by atoms with E-state index in [0.717, 1.165) is 33.9 Å². The number of piperidine rings is 1. The number of amides is 2. The van der Waals surface area contributed by atoms with Crippen LogP contribution in [0.2, 0.25) is 0 Å². The Kier molecular flexibility index (Phi) is 8.15. The molecule has 0 radical (unpaired) electrons. The Morgan fingerprint density at radius 2 is 2.19 bits per heavy atom. The Morgan fingerprint density at radius 1 is 1.38 bits per heavy atom. The number of rotatable bonds is 6. The van der Waals surface area contributed by atoms with Gasteiger partial charge < -0.3 is 16.0 Å². The standard InChI is InChI=1S/C17H22N4O2S2.ClH/c18-7-8-19-16(23)12-4-3-9-21(10-12)15(22)11-24-17-20-13-5-1-2-6-14(13)25-17;/h1-2,5-6,12H,3-4,7-11,18H2,(H,19,23);1H. The Hall–Kier alpha value is -1.35. The van der Waals surface area contributed by atoms with E-state index in [2.05, 4.69) is 10.3 Å². The van der Waals surface area contributed by atoms with Crippen molar-refractivity contribution in [2.75, 3.05) is 31.9 Å². The molecule has 6 nitrogen and oxygen atoms in total. The largest absolute Gasteiger partial charge is 0.355 e. The van der Waals surface area contributed by atoms with Gasteiger partial charge in [0.25, 0.3) is 0 Å². The minimum atomic E-state index is -0.128. The highest BCUT2D eigenvalue weighted by atomic mass is 35.5. The molecule has 0 spiro atoms. The summed E-state index contributed by atoms with van der Waals surface area (Å²) in [7, 11) is 0. The Balaban J connectivity index is 0.00000243. The number of thiazole rings is 1. The van der Waals surface area contributed by atoms with Crippen molar-refractivity contribution < 1.29 is 9.59 Å². The van der Waals surface area contributed by atoms with Gasteiger partial charge in [0.15, 0.2) is 4.34 Å². The van der Waals surface area contributed by atoms with Crippen LogP contribution in [-0.4, -0.2) is 53.6 Å². The van der Waals surface area contributed by atoms with Crippen LogP contribution >= 0.6 is 35.5 Å². The van der Waals surface area contributed by atoms with Crippen molar-refractivity contribution in [1.29, 1.82) is 0 Å². The summed E-state index contributed by atoms with van der Waals surface area (Å²) in [6.45, 7) is 2.13. The van der Waals surface area contributed by atoms with Crippen LogP contribution in [0.25, 0.3) is 10.2 Å². The maximum Gasteiger partial charge on any atom is 0.233 e. The molecule has 0 bridgehead atoms. The topological polar surface area (TPSA) is 88.3 Å². The van der Waals surface area contributed by atoms with Crippen LogP contribution in [0.5, 0.6) is 0 Å². The average molecular weight is 415 g/mol. The summed E-state index contributed by atoms with van der Waals surface area (Å²) >= 11 is 3.08. The van der Waals surface area contributed by atoms with Crippen molar-refractivity contribution in [1.82, 2.24) is 15.2 Å². The van der Waals surface area contributed by atoms with Gasteiger partial charge in [0.2, 0.25) is 11.8 Å². The molecule has 9 heteroatoms. The fourth-order valence-electron chi connectivity index (χ4n) is 2.88. The van der Waals surface area contributed by atoms with E-state index in [4.69, 9.17) is 5.73 Å². The highest BCUT2D eigenvalue weighted by Gasteiger charge is 2.28. The number of hydrogen-bond acceptors (Lipinski definition) is 6. The van der Waals surface area contributed by atoms with Gasteiger partial charge in [-0.25, -0.2) is 4.98 Å². The second-order valence-corrected chi connectivity index (χ2v) is 8.25. The number of nitrogens with zero attached hydrogens (tertiary/aromatic N) is 2. The normalized spacial score (nSPS) is 17.0. The number of nitrogens with two attached hydrogens (primary N) is 1. The van der Waals surface area contributed by atoms with Gasteiger partial charge in [-0.2, -0.15) is 0 Å². The number of hydrogen-bond donors (Lipinski definition) is 2. The zero-order chi connectivity index (χ0) is 17.6. The lowest BCUT2D eigenvalue weighted by Gasteiger charge is -2.32. The van der Waals surface area contributed by atoms with E-state index < -0.39 is 0 Å². The molecular formula is C17H23ClN4O2S2. The van der Waals surface area contributed by atoms with Gasteiger partial charge in [-0.3, -0.25) is 9.59 Å². The molecule has 2 amide bonds. The number of likely N-dealkylation sites (tertiary alicyclic amines) is 1. The molecule has 2 heterocycles. The van der Waals surface area contributed by atoms with Gasteiger partial charge in [-0.1, -0.05) is 23.9 Å². The third-order valence-corrected chi connectivity index (χ3v) is 6.35. The number of thioether (sulfide) groups is 1. The number of aromatic nitrogens is 1. The van der Waals surface area contributed by atoms with E-state index in [1.54, 1.807) is 16.2 Å². The predicted octanol–water partition coefficient (Wildman–Crippen LogP) is 2.12. The maximum absolute atomic E-state index is 12.5. The predicted molar refractivity (Wildman–Crippen MR) is 109 cm³/mol. The third-order valence-electron chi connectivity index (χ3n) is 4.18. The molecule has 0 saturated carbocycles. The zero-order valence-electron chi connectivity index (χ0n) is 14.3. The molecule has 0 aliphatic carbocycles. The van der Waals surface area contributed by atoms with Gasteiger partial charge in [-0.15, -0.1) is 23.7 Å². The highest BCUT2D eigenvalue weighted by molar-refractivity contribution is 8.01. The van der Waals surface area contributed by atoms with E-state index in [-0.39, 0.29) is 30.1 Å². The molecule has 26 heavy (non-hydrogen) atoms. The van der Waals surface area contributed by atoms with Crippen molar-refractivity contribution in [2.24, 2.45) is 11.7 Å². The van der Waals surface area contributed by atoms with E-state index >= 15 is 0 Å². The van der Waals surface area contributed by atoms with Crippen LogP contribution in [0.3, 0.4) is 0 Å². The molecule has 3 N–H and O–H groups in total. The summed E-state index contributed by atoms with van der Waals surface area (Å²) in [6.07, 6.45) is 1.68. The molecular weight excluding hydrogens is 392 g/mol. The van der Waals surface area contributed by atoms with Gasteiger partial charge in [0, 0.05) is 26.2 Å². The molecule has 1 atom stereocenters. The Bertz CT molecular complexity index is 722. The Morgan fingerprint density at radius 3 is 2.96 bits per heavy atom. The molecule has 1 aromatic heterocycles. The maximum atomic E-state index is 12.5. The van der Waals surface area contributed by atoms with Crippen molar-refractivity contribution in [3.8, 4) is 0 Å².